The van der Waals surface area contributed by atoms with Gasteiger partial charge in [-0.15, -0.1) is 0 Å². The van der Waals surface area contributed by atoms with Gasteiger partial charge in [0.15, 0.2) is 5.69 Å². The van der Waals surface area contributed by atoms with Gasteiger partial charge in [-0.1, -0.05) is 30.3 Å². The Morgan fingerprint density at radius 2 is 1.85 bits per heavy atom. The molecule has 0 aliphatic carbocycles. The molecule has 5 nitrogen and oxygen atoms in total. The Morgan fingerprint density at radius 1 is 1.15 bits per heavy atom. The van der Waals surface area contributed by atoms with E-state index in [1.165, 1.54) is 6.07 Å². The fourth-order valence-electron chi connectivity index (χ4n) is 2.91. The van der Waals surface area contributed by atoms with Gasteiger partial charge in [0, 0.05) is 25.8 Å². The number of carbonyl (C=O) groups excluding carboxylic acids is 1. The Kier molecular flexibility index (Phi) is 5.86. The van der Waals surface area contributed by atoms with Gasteiger partial charge in [-0.25, -0.2) is 9.07 Å². The molecule has 1 amide bonds. The van der Waals surface area contributed by atoms with Crippen molar-refractivity contribution in [2.24, 2.45) is 0 Å². The lowest BCUT2D eigenvalue weighted by Gasteiger charge is -2.19. The van der Waals surface area contributed by atoms with Crippen molar-refractivity contribution in [3.8, 4) is 5.69 Å². The first-order chi connectivity index (χ1) is 13.1. The van der Waals surface area contributed by atoms with Gasteiger partial charge >= 0.3 is 0 Å². The highest BCUT2D eigenvalue weighted by molar-refractivity contribution is 5.92. The molecule has 0 atom stereocenters. The summed E-state index contributed by atoms with van der Waals surface area (Å²) < 4.78 is 15.5. The van der Waals surface area contributed by atoms with Crippen LogP contribution in [0, 0.1) is 12.7 Å². The number of hydrogen-bond acceptors (Lipinski definition) is 3. The van der Waals surface area contributed by atoms with Gasteiger partial charge in [0.1, 0.15) is 5.82 Å². The molecule has 0 saturated heterocycles. The summed E-state index contributed by atoms with van der Waals surface area (Å²) in [4.78, 5) is 14.2. The molecule has 3 aromatic rings. The quantitative estimate of drug-likeness (QED) is 0.650. The van der Waals surface area contributed by atoms with Crippen LogP contribution in [0.2, 0.25) is 0 Å². The van der Waals surface area contributed by atoms with E-state index in [0.29, 0.717) is 30.9 Å². The third-order valence-corrected chi connectivity index (χ3v) is 4.34. The summed E-state index contributed by atoms with van der Waals surface area (Å²) in [5.41, 5.74) is 2.76. The molecule has 1 N–H and O–H groups in total. The topological polar surface area (TPSA) is 50.2 Å². The fraction of sp³-hybridized carbons (Fsp3) is 0.238. The molecular formula is C21H23FN4O. The summed E-state index contributed by atoms with van der Waals surface area (Å²) in [6, 6.07) is 18.1. The van der Waals surface area contributed by atoms with Crippen LogP contribution in [-0.2, 0) is 0 Å². The molecule has 0 spiro atoms. The van der Waals surface area contributed by atoms with Crippen molar-refractivity contribution in [3.63, 3.8) is 0 Å². The minimum absolute atomic E-state index is 0.207. The molecule has 1 aromatic heterocycles. The largest absolute Gasteiger partial charge is 0.372 e. The summed E-state index contributed by atoms with van der Waals surface area (Å²) in [6.45, 7) is 3.05. The van der Waals surface area contributed by atoms with Crippen molar-refractivity contribution in [3.05, 3.63) is 77.9 Å². The normalized spacial score (nSPS) is 10.6. The second-order valence-electron chi connectivity index (χ2n) is 6.40. The monoisotopic (exact) mass is 366 g/mol. The number of amides is 1. The van der Waals surface area contributed by atoms with E-state index >= 15 is 0 Å². The van der Waals surface area contributed by atoms with Crippen molar-refractivity contribution in [1.82, 2.24) is 15.1 Å². The van der Waals surface area contributed by atoms with Crippen LogP contribution in [0.4, 0.5) is 10.1 Å². The molecule has 0 bridgehead atoms. The number of benzene rings is 2. The van der Waals surface area contributed by atoms with Gasteiger partial charge in [0.2, 0.25) is 0 Å². The highest BCUT2D eigenvalue weighted by Gasteiger charge is 2.13. The van der Waals surface area contributed by atoms with Crippen molar-refractivity contribution in [1.29, 1.82) is 0 Å². The molecule has 0 unspecified atom stereocenters. The molecule has 6 heteroatoms. The van der Waals surface area contributed by atoms with Gasteiger partial charge in [-0.3, -0.25) is 4.79 Å². The van der Waals surface area contributed by atoms with E-state index in [1.54, 1.807) is 22.9 Å². The third kappa shape index (κ3) is 4.53. The number of aromatic nitrogens is 2. The summed E-state index contributed by atoms with van der Waals surface area (Å²) in [6.07, 6.45) is 0.703. The predicted molar refractivity (Wildman–Crippen MR) is 105 cm³/mol. The van der Waals surface area contributed by atoms with Crippen LogP contribution in [0.3, 0.4) is 0 Å². The zero-order valence-electron chi connectivity index (χ0n) is 15.5. The maximum atomic E-state index is 13.8. The van der Waals surface area contributed by atoms with E-state index in [4.69, 9.17) is 0 Å². The summed E-state index contributed by atoms with van der Waals surface area (Å²) in [5, 5.41) is 7.27. The van der Waals surface area contributed by atoms with Crippen LogP contribution in [0.5, 0.6) is 0 Å². The number of rotatable bonds is 7. The van der Waals surface area contributed by atoms with E-state index in [9.17, 15) is 9.18 Å². The number of hydrogen-bond donors (Lipinski definition) is 1. The average molecular weight is 366 g/mol. The van der Waals surface area contributed by atoms with Crippen molar-refractivity contribution in [2.45, 2.75) is 13.3 Å². The second kappa shape index (κ2) is 8.49. The van der Waals surface area contributed by atoms with Crippen molar-refractivity contribution >= 4 is 11.6 Å². The Hall–Kier alpha value is -3.15. The molecule has 3 rings (SSSR count). The van der Waals surface area contributed by atoms with Gasteiger partial charge in [-0.05, 0) is 43.7 Å². The Morgan fingerprint density at radius 3 is 2.59 bits per heavy atom. The summed E-state index contributed by atoms with van der Waals surface area (Å²) in [7, 11) is 1.84. The molecule has 1 heterocycles. The molecule has 0 saturated carbocycles. The van der Waals surface area contributed by atoms with E-state index in [-0.39, 0.29) is 11.7 Å². The van der Waals surface area contributed by atoms with Gasteiger partial charge < -0.3 is 10.2 Å². The maximum Gasteiger partial charge on any atom is 0.271 e. The highest BCUT2D eigenvalue weighted by atomic mass is 19.1. The predicted octanol–water partition coefficient (Wildman–Crippen LogP) is 3.58. The molecule has 27 heavy (non-hydrogen) atoms. The summed E-state index contributed by atoms with van der Waals surface area (Å²) >= 11 is 0. The number of para-hydroxylation sites is 2. The first-order valence-corrected chi connectivity index (χ1v) is 8.92. The Bertz CT molecular complexity index is 908. The van der Waals surface area contributed by atoms with Crippen LogP contribution in [0.25, 0.3) is 5.69 Å². The molecule has 2 aromatic carbocycles. The Balaban J connectivity index is 1.52. The number of nitrogens with zero attached hydrogens (tertiary/aromatic N) is 3. The van der Waals surface area contributed by atoms with E-state index in [1.807, 2.05) is 55.3 Å². The smallest absolute Gasteiger partial charge is 0.271 e. The van der Waals surface area contributed by atoms with Gasteiger partial charge in [0.25, 0.3) is 5.91 Å². The lowest BCUT2D eigenvalue weighted by atomic mass is 10.2. The summed E-state index contributed by atoms with van der Waals surface area (Å²) in [5.74, 6) is -0.452. The van der Waals surface area contributed by atoms with E-state index < -0.39 is 0 Å². The molecular weight excluding hydrogens is 343 g/mol. The van der Waals surface area contributed by atoms with Gasteiger partial charge in [-0.2, -0.15) is 5.10 Å². The fourth-order valence-corrected chi connectivity index (χ4v) is 2.91. The van der Waals surface area contributed by atoms with E-state index in [0.717, 1.165) is 11.4 Å². The zero-order valence-corrected chi connectivity index (χ0v) is 15.5. The first-order valence-electron chi connectivity index (χ1n) is 8.92. The van der Waals surface area contributed by atoms with Gasteiger partial charge in [0.05, 0.1) is 11.4 Å². The van der Waals surface area contributed by atoms with Crippen molar-refractivity contribution < 1.29 is 9.18 Å². The highest BCUT2D eigenvalue weighted by Crippen LogP contribution is 2.17. The zero-order chi connectivity index (χ0) is 19.2. The standard InChI is InChI=1S/C21H23FN4O/c1-16-15-19(24-26(16)17-9-4-3-5-10-17)21(27)23-13-8-14-25(2)20-12-7-6-11-18(20)22/h3-7,9-12,15H,8,13-14H2,1-2H3,(H,23,27). The number of halogens is 1. The minimum Gasteiger partial charge on any atom is -0.372 e. The second-order valence-corrected chi connectivity index (χ2v) is 6.40. The molecule has 0 fully saturated rings. The first kappa shape index (κ1) is 18.6. The van der Waals surface area contributed by atoms with Crippen LogP contribution >= 0.6 is 0 Å². The van der Waals surface area contributed by atoms with Crippen LogP contribution < -0.4 is 10.2 Å². The van der Waals surface area contributed by atoms with Crippen LogP contribution in [0.1, 0.15) is 22.6 Å². The maximum absolute atomic E-state index is 13.8. The third-order valence-electron chi connectivity index (χ3n) is 4.34. The lowest BCUT2D eigenvalue weighted by Crippen LogP contribution is -2.28. The Labute approximate surface area is 158 Å². The van der Waals surface area contributed by atoms with Crippen molar-refractivity contribution in [2.75, 3.05) is 25.0 Å². The van der Waals surface area contributed by atoms with Crippen LogP contribution in [-0.4, -0.2) is 35.8 Å². The molecule has 0 aliphatic rings. The van der Waals surface area contributed by atoms with E-state index in [2.05, 4.69) is 10.4 Å². The number of nitrogens with one attached hydrogen (secondary N) is 1. The molecule has 0 radical (unpaired) electrons. The number of carbonyl (C=O) groups is 1. The average Bonchev–Trinajstić information content (AvgIpc) is 3.08. The minimum atomic E-state index is -0.244. The number of anilines is 1. The SMILES string of the molecule is Cc1cc(C(=O)NCCCN(C)c2ccccc2F)nn1-c1ccccc1. The number of aryl methyl sites for hydroxylation is 1. The molecule has 140 valence electrons. The van der Waals surface area contributed by atoms with Crippen LogP contribution in [0.15, 0.2) is 60.7 Å². The molecule has 0 aliphatic heterocycles. The lowest BCUT2D eigenvalue weighted by molar-refractivity contribution is 0.0948.